The van der Waals surface area contributed by atoms with Gasteiger partial charge in [-0.3, -0.25) is 9.69 Å². The molecule has 3 N–H and O–H groups in total. The number of anilines is 2. The average Bonchev–Trinajstić information content (AvgIpc) is 2.43. The molecule has 1 fully saturated rings. The summed E-state index contributed by atoms with van der Waals surface area (Å²) >= 11 is 11.9. The number of nitrogen functional groups attached to an aromatic ring is 1. The molecule has 1 aliphatic rings. The quantitative estimate of drug-likeness (QED) is 0.832. The van der Waals surface area contributed by atoms with Gasteiger partial charge >= 0.3 is 0 Å². The monoisotopic (exact) mass is 331 g/mol. The molecule has 1 aromatic rings. The maximum absolute atomic E-state index is 12.1. The van der Waals surface area contributed by atoms with Gasteiger partial charge in [0.25, 0.3) is 0 Å². The van der Waals surface area contributed by atoms with Crippen molar-refractivity contribution < 1.29 is 9.53 Å². The summed E-state index contributed by atoms with van der Waals surface area (Å²) in [4.78, 5) is 14.2. The molecule has 7 heteroatoms. The normalized spacial score (nSPS) is 19.5. The minimum atomic E-state index is -0.150. The fourth-order valence-corrected chi connectivity index (χ4v) is 2.83. The molecule has 0 aliphatic carbocycles. The van der Waals surface area contributed by atoms with Crippen molar-refractivity contribution in [2.75, 3.05) is 37.3 Å². The van der Waals surface area contributed by atoms with Crippen LogP contribution in [0.25, 0.3) is 0 Å². The summed E-state index contributed by atoms with van der Waals surface area (Å²) in [5, 5.41) is 3.52. The maximum Gasteiger partial charge on any atom is 0.238 e. The lowest BCUT2D eigenvalue weighted by Crippen LogP contribution is -2.45. The van der Waals surface area contributed by atoms with Gasteiger partial charge in [-0.2, -0.15) is 0 Å². The zero-order valence-electron chi connectivity index (χ0n) is 11.9. The van der Waals surface area contributed by atoms with E-state index in [0.29, 0.717) is 28.0 Å². The van der Waals surface area contributed by atoms with Crippen molar-refractivity contribution in [1.29, 1.82) is 0 Å². The lowest BCUT2D eigenvalue weighted by Gasteiger charge is -2.31. The highest BCUT2D eigenvalue weighted by molar-refractivity contribution is 6.37. The van der Waals surface area contributed by atoms with E-state index in [1.54, 1.807) is 12.1 Å². The third-order valence-electron chi connectivity index (χ3n) is 3.40. The molecule has 0 radical (unpaired) electrons. The molecule has 1 unspecified atom stereocenters. The van der Waals surface area contributed by atoms with Gasteiger partial charge in [-0.15, -0.1) is 0 Å². The third-order valence-corrected chi connectivity index (χ3v) is 3.91. The number of nitrogens with zero attached hydrogens (tertiary/aromatic N) is 1. The standard InChI is InChI=1S/C14H19Cl2N3O2/c1-2-10-7-19(3-4-21-10)8-13(20)18-14-11(16)5-9(15)6-12(14)17/h5-6,10H,2-4,7-8,17H2,1H3,(H,18,20). The fraction of sp³-hybridized carbons (Fsp3) is 0.500. The van der Waals surface area contributed by atoms with Gasteiger partial charge in [0.05, 0.1) is 35.7 Å². The first-order valence-electron chi connectivity index (χ1n) is 6.88. The van der Waals surface area contributed by atoms with Crippen LogP contribution in [0.3, 0.4) is 0 Å². The van der Waals surface area contributed by atoms with Crippen molar-refractivity contribution in [2.24, 2.45) is 0 Å². The van der Waals surface area contributed by atoms with Crippen molar-refractivity contribution in [3.05, 3.63) is 22.2 Å². The minimum absolute atomic E-state index is 0.150. The Kier molecular flexibility index (Phi) is 5.70. The lowest BCUT2D eigenvalue weighted by molar-refractivity contribution is -0.119. The molecule has 0 bridgehead atoms. The topological polar surface area (TPSA) is 67.6 Å². The van der Waals surface area contributed by atoms with Gasteiger partial charge in [0.1, 0.15) is 0 Å². The number of morpholine rings is 1. The van der Waals surface area contributed by atoms with Gasteiger partial charge in [0.2, 0.25) is 5.91 Å². The van der Waals surface area contributed by atoms with Crippen LogP contribution in [0.5, 0.6) is 0 Å². The summed E-state index contributed by atoms with van der Waals surface area (Å²) in [6.07, 6.45) is 1.13. The zero-order valence-corrected chi connectivity index (χ0v) is 13.4. The van der Waals surface area contributed by atoms with Gasteiger partial charge in [0.15, 0.2) is 0 Å². The average molecular weight is 332 g/mol. The van der Waals surface area contributed by atoms with Gasteiger partial charge in [-0.25, -0.2) is 0 Å². The zero-order chi connectivity index (χ0) is 15.4. The predicted molar refractivity (Wildman–Crippen MR) is 86.0 cm³/mol. The van der Waals surface area contributed by atoms with E-state index in [0.717, 1.165) is 19.5 Å². The largest absolute Gasteiger partial charge is 0.397 e. The molecule has 2 rings (SSSR count). The number of nitrogens with two attached hydrogens (primary N) is 1. The second kappa shape index (κ2) is 7.31. The highest BCUT2D eigenvalue weighted by Crippen LogP contribution is 2.31. The molecule has 1 saturated heterocycles. The maximum atomic E-state index is 12.1. The van der Waals surface area contributed by atoms with Crippen LogP contribution in [0.15, 0.2) is 12.1 Å². The molecule has 21 heavy (non-hydrogen) atoms. The number of amides is 1. The first-order chi connectivity index (χ1) is 9.99. The summed E-state index contributed by atoms with van der Waals surface area (Å²) in [5.74, 6) is -0.150. The number of benzene rings is 1. The van der Waals surface area contributed by atoms with Crippen molar-refractivity contribution in [2.45, 2.75) is 19.4 Å². The Morgan fingerprint density at radius 3 is 2.95 bits per heavy atom. The summed E-state index contributed by atoms with van der Waals surface area (Å²) in [7, 11) is 0. The minimum Gasteiger partial charge on any atom is -0.397 e. The van der Waals surface area contributed by atoms with Crippen LogP contribution in [0.1, 0.15) is 13.3 Å². The van der Waals surface area contributed by atoms with E-state index in [9.17, 15) is 4.79 Å². The molecule has 116 valence electrons. The molecular weight excluding hydrogens is 313 g/mol. The lowest BCUT2D eigenvalue weighted by atomic mass is 10.2. The number of hydrogen-bond donors (Lipinski definition) is 2. The smallest absolute Gasteiger partial charge is 0.238 e. The number of hydrogen-bond acceptors (Lipinski definition) is 4. The number of ether oxygens (including phenoxy) is 1. The Bertz CT molecular complexity index is 502. The number of halogens is 2. The molecule has 1 amide bonds. The van der Waals surface area contributed by atoms with Gasteiger partial charge in [0, 0.05) is 18.1 Å². The molecule has 0 aromatic heterocycles. The van der Waals surface area contributed by atoms with Crippen LogP contribution in [0.4, 0.5) is 11.4 Å². The Hall–Kier alpha value is -1.01. The van der Waals surface area contributed by atoms with Crippen molar-refractivity contribution in [3.8, 4) is 0 Å². The number of rotatable bonds is 4. The van der Waals surface area contributed by atoms with Gasteiger partial charge in [-0.05, 0) is 18.6 Å². The Morgan fingerprint density at radius 2 is 2.29 bits per heavy atom. The summed E-state index contributed by atoms with van der Waals surface area (Å²) in [6, 6.07) is 3.11. The second-order valence-corrected chi connectivity index (χ2v) is 5.88. The summed E-state index contributed by atoms with van der Waals surface area (Å²) < 4.78 is 5.58. The first kappa shape index (κ1) is 16.4. The van der Waals surface area contributed by atoms with Crippen LogP contribution in [-0.4, -0.2) is 43.2 Å². The van der Waals surface area contributed by atoms with Crippen molar-refractivity contribution in [1.82, 2.24) is 4.90 Å². The van der Waals surface area contributed by atoms with E-state index < -0.39 is 0 Å². The van der Waals surface area contributed by atoms with E-state index in [-0.39, 0.29) is 18.6 Å². The van der Waals surface area contributed by atoms with E-state index in [4.69, 9.17) is 33.7 Å². The second-order valence-electron chi connectivity index (χ2n) is 5.04. The highest BCUT2D eigenvalue weighted by atomic mass is 35.5. The Labute approximate surface area is 134 Å². The molecule has 5 nitrogen and oxygen atoms in total. The Balaban J connectivity index is 1.96. The summed E-state index contributed by atoms with van der Waals surface area (Å²) in [5.41, 5.74) is 6.59. The molecule has 0 spiro atoms. The third kappa shape index (κ3) is 4.48. The predicted octanol–water partition coefficient (Wildman–Crippen LogP) is 2.62. The Morgan fingerprint density at radius 1 is 1.52 bits per heavy atom. The van der Waals surface area contributed by atoms with Crippen LogP contribution in [0.2, 0.25) is 10.0 Å². The van der Waals surface area contributed by atoms with E-state index in [1.807, 2.05) is 0 Å². The fourth-order valence-electron chi connectivity index (χ4n) is 2.28. The molecule has 1 aliphatic heterocycles. The van der Waals surface area contributed by atoms with Crippen molar-refractivity contribution >= 4 is 40.5 Å². The number of carbonyl (C=O) groups excluding carboxylic acids is 1. The molecule has 0 saturated carbocycles. The van der Waals surface area contributed by atoms with Crippen LogP contribution in [-0.2, 0) is 9.53 Å². The van der Waals surface area contributed by atoms with Gasteiger partial charge < -0.3 is 15.8 Å². The summed E-state index contributed by atoms with van der Waals surface area (Å²) in [6.45, 7) is 4.51. The first-order valence-corrected chi connectivity index (χ1v) is 7.63. The molecular formula is C14H19Cl2N3O2. The van der Waals surface area contributed by atoms with Crippen LogP contribution < -0.4 is 11.1 Å². The van der Waals surface area contributed by atoms with Gasteiger partial charge in [-0.1, -0.05) is 30.1 Å². The van der Waals surface area contributed by atoms with Crippen LogP contribution in [0, 0.1) is 0 Å². The number of nitrogens with one attached hydrogen (secondary N) is 1. The highest BCUT2D eigenvalue weighted by Gasteiger charge is 2.21. The van der Waals surface area contributed by atoms with E-state index in [2.05, 4.69) is 17.1 Å². The number of carbonyl (C=O) groups is 1. The molecule has 1 aromatic carbocycles. The van der Waals surface area contributed by atoms with E-state index >= 15 is 0 Å². The SMILES string of the molecule is CCC1CN(CC(=O)Nc2c(N)cc(Cl)cc2Cl)CCO1. The molecule has 1 heterocycles. The van der Waals surface area contributed by atoms with Crippen LogP contribution >= 0.6 is 23.2 Å². The van der Waals surface area contributed by atoms with Crippen molar-refractivity contribution in [3.63, 3.8) is 0 Å². The van der Waals surface area contributed by atoms with E-state index in [1.165, 1.54) is 0 Å². The molecule has 1 atom stereocenters.